The van der Waals surface area contributed by atoms with Crippen molar-refractivity contribution in [3.05, 3.63) is 92.6 Å². The normalized spacial score (nSPS) is 13.2. The Labute approximate surface area is 203 Å². The van der Waals surface area contributed by atoms with E-state index in [1.165, 1.54) is 20.3 Å². The van der Waals surface area contributed by atoms with E-state index in [1.807, 2.05) is 52.9 Å². The van der Waals surface area contributed by atoms with Gasteiger partial charge in [0.25, 0.3) is 5.56 Å². The first-order chi connectivity index (χ1) is 17.0. The minimum atomic E-state index is -0.334. The smallest absolute Gasteiger partial charge is 0.297 e. The topological polar surface area (TPSA) is 77.4 Å². The van der Waals surface area contributed by atoms with Crippen LogP contribution in [0.15, 0.2) is 75.4 Å². The minimum Gasteiger partial charge on any atom is -0.297 e. The van der Waals surface area contributed by atoms with E-state index in [2.05, 4.69) is 24.3 Å². The third-order valence-corrected chi connectivity index (χ3v) is 6.49. The number of hydrazone groups is 1. The van der Waals surface area contributed by atoms with E-state index in [4.69, 9.17) is 10.1 Å². The Bertz CT molecular complexity index is 1480. The molecule has 2 aromatic heterocycles. The maximum Gasteiger partial charge on any atom is 0.332 e. The Morgan fingerprint density at radius 1 is 0.857 bits per heavy atom. The molecule has 8 nitrogen and oxygen atoms in total. The standard InChI is InChI=1S/C27H30N6O2/c1-20-19-32-23-24(28-26(32)33(29-20)18-10-16-22-13-7-4-8-14-22)30(2)27(35)31(25(23)34)17-9-15-21-11-5-3-6-12-21/h3-8,11-14H,9-10,15-19H2,1-2H3. The summed E-state index contributed by atoms with van der Waals surface area (Å²) in [6.07, 6.45) is 3.34. The number of hydrogen-bond acceptors (Lipinski definition) is 5. The molecule has 0 aliphatic carbocycles. The molecular formula is C27H30N6O2. The Morgan fingerprint density at radius 2 is 1.46 bits per heavy atom. The summed E-state index contributed by atoms with van der Waals surface area (Å²) in [6.45, 7) is 3.48. The van der Waals surface area contributed by atoms with Gasteiger partial charge in [0.1, 0.15) is 0 Å². The first-order valence-corrected chi connectivity index (χ1v) is 12.1. The molecule has 2 aromatic carbocycles. The molecule has 3 heterocycles. The highest BCUT2D eigenvalue weighted by Gasteiger charge is 2.26. The Hall–Kier alpha value is -3.94. The molecule has 0 saturated carbocycles. The SMILES string of the molecule is CC1=NN(CCCc2ccccc2)c2nc3c(c(=O)n(CCCc4ccccc4)c(=O)n3C)n2C1. The van der Waals surface area contributed by atoms with Crippen LogP contribution in [-0.4, -0.2) is 30.9 Å². The fourth-order valence-corrected chi connectivity index (χ4v) is 4.73. The van der Waals surface area contributed by atoms with Crippen LogP contribution >= 0.6 is 0 Å². The lowest BCUT2D eigenvalue weighted by atomic mass is 10.1. The summed E-state index contributed by atoms with van der Waals surface area (Å²) in [6, 6.07) is 20.5. The molecule has 0 fully saturated rings. The summed E-state index contributed by atoms with van der Waals surface area (Å²) in [4.78, 5) is 31.3. The lowest BCUT2D eigenvalue weighted by Gasteiger charge is -2.24. The largest absolute Gasteiger partial charge is 0.332 e. The highest BCUT2D eigenvalue weighted by molar-refractivity contribution is 5.87. The van der Waals surface area contributed by atoms with Crippen molar-refractivity contribution in [1.29, 1.82) is 0 Å². The van der Waals surface area contributed by atoms with Gasteiger partial charge in [-0.25, -0.2) is 9.80 Å². The monoisotopic (exact) mass is 470 g/mol. The van der Waals surface area contributed by atoms with Crippen LogP contribution in [0.2, 0.25) is 0 Å². The van der Waals surface area contributed by atoms with Crippen LogP contribution in [0.4, 0.5) is 5.95 Å². The van der Waals surface area contributed by atoms with Gasteiger partial charge in [0.2, 0.25) is 5.95 Å². The van der Waals surface area contributed by atoms with Crippen LogP contribution in [-0.2, 0) is 33.0 Å². The quantitative estimate of drug-likeness (QED) is 0.396. The number of nitrogens with zero attached hydrogens (tertiary/aromatic N) is 6. The highest BCUT2D eigenvalue weighted by Crippen LogP contribution is 2.24. The van der Waals surface area contributed by atoms with Gasteiger partial charge in [0, 0.05) is 20.1 Å². The van der Waals surface area contributed by atoms with Crippen LogP contribution < -0.4 is 16.3 Å². The highest BCUT2D eigenvalue weighted by atomic mass is 16.2. The first kappa shape index (κ1) is 22.8. The number of rotatable bonds is 8. The van der Waals surface area contributed by atoms with Gasteiger partial charge >= 0.3 is 5.69 Å². The third-order valence-electron chi connectivity index (χ3n) is 6.49. The molecule has 0 spiro atoms. The third kappa shape index (κ3) is 4.56. The summed E-state index contributed by atoms with van der Waals surface area (Å²) in [5.74, 6) is 0.618. The van der Waals surface area contributed by atoms with Gasteiger partial charge < -0.3 is 0 Å². The summed E-state index contributed by atoms with van der Waals surface area (Å²) >= 11 is 0. The molecule has 0 N–H and O–H groups in total. The predicted octanol–water partition coefficient (Wildman–Crippen LogP) is 3.36. The van der Waals surface area contributed by atoms with Crippen LogP contribution in [0.25, 0.3) is 11.2 Å². The van der Waals surface area contributed by atoms with E-state index in [0.29, 0.717) is 43.2 Å². The lowest BCUT2D eigenvalue weighted by molar-refractivity contribution is 0.571. The van der Waals surface area contributed by atoms with Gasteiger partial charge in [-0.3, -0.25) is 18.5 Å². The van der Waals surface area contributed by atoms with Gasteiger partial charge in [0.05, 0.1) is 12.3 Å². The van der Waals surface area contributed by atoms with Gasteiger partial charge in [-0.1, -0.05) is 60.7 Å². The van der Waals surface area contributed by atoms with Gasteiger partial charge in [0.15, 0.2) is 11.2 Å². The van der Waals surface area contributed by atoms with Gasteiger partial charge in [-0.15, -0.1) is 0 Å². The molecule has 1 aliphatic heterocycles. The first-order valence-electron chi connectivity index (χ1n) is 12.1. The second-order valence-corrected chi connectivity index (χ2v) is 9.11. The number of aromatic nitrogens is 4. The zero-order valence-electron chi connectivity index (χ0n) is 20.2. The van der Waals surface area contributed by atoms with Crippen LogP contribution in [0, 0.1) is 0 Å². The fraction of sp³-hybridized carbons (Fsp3) is 0.333. The molecular weight excluding hydrogens is 440 g/mol. The molecule has 35 heavy (non-hydrogen) atoms. The predicted molar refractivity (Wildman–Crippen MR) is 139 cm³/mol. The van der Waals surface area contributed by atoms with Crippen molar-refractivity contribution in [3.63, 3.8) is 0 Å². The number of aryl methyl sites for hydroxylation is 3. The van der Waals surface area contributed by atoms with Crippen molar-refractivity contribution in [2.75, 3.05) is 11.6 Å². The maximum absolute atomic E-state index is 13.5. The number of imidazole rings is 1. The Kier molecular flexibility index (Phi) is 6.35. The number of fused-ring (bicyclic) bond motifs is 3. The molecule has 4 aromatic rings. The molecule has 1 aliphatic rings. The molecule has 0 radical (unpaired) electrons. The van der Waals surface area contributed by atoms with Crippen LogP contribution in [0.5, 0.6) is 0 Å². The molecule has 0 unspecified atom stereocenters. The molecule has 0 saturated heterocycles. The van der Waals surface area contributed by atoms with Crippen molar-refractivity contribution < 1.29 is 0 Å². The van der Waals surface area contributed by atoms with Gasteiger partial charge in [-0.05, 0) is 43.7 Å². The summed E-state index contributed by atoms with van der Waals surface area (Å²) in [7, 11) is 1.68. The lowest BCUT2D eigenvalue weighted by Crippen LogP contribution is -2.40. The Balaban J connectivity index is 1.43. The van der Waals surface area contributed by atoms with E-state index < -0.39 is 0 Å². The number of anilines is 1. The molecule has 180 valence electrons. The van der Waals surface area contributed by atoms with Crippen molar-refractivity contribution in [2.24, 2.45) is 12.1 Å². The second kappa shape index (κ2) is 9.74. The summed E-state index contributed by atoms with van der Waals surface area (Å²) < 4.78 is 4.75. The van der Waals surface area contributed by atoms with Crippen molar-refractivity contribution in [3.8, 4) is 0 Å². The molecule has 0 bridgehead atoms. The molecule has 0 atom stereocenters. The summed E-state index contributed by atoms with van der Waals surface area (Å²) in [5, 5.41) is 6.57. The van der Waals surface area contributed by atoms with E-state index in [0.717, 1.165) is 25.0 Å². The zero-order chi connectivity index (χ0) is 24.4. The van der Waals surface area contributed by atoms with Crippen LogP contribution in [0.1, 0.15) is 30.9 Å². The Morgan fingerprint density at radius 3 is 2.09 bits per heavy atom. The average Bonchev–Trinajstić information content (AvgIpc) is 3.26. The van der Waals surface area contributed by atoms with E-state index in [1.54, 1.807) is 7.05 Å². The summed E-state index contributed by atoms with van der Waals surface area (Å²) in [5.41, 5.74) is 3.63. The van der Waals surface area contributed by atoms with Crippen molar-refractivity contribution >= 4 is 22.8 Å². The maximum atomic E-state index is 13.5. The fourth-order valence-electron chi connectivity index (χ4n) is 4.73. The van der Waals surface area contributed by atoms with Gasteiger partial charge in [-0.2, -0.15) is 10.1 Å². The minimum absolute atomic E-state index is 0.283. The van der Waals surface area contributed by atoms with Crippen molar-refractivity contribution in [2.45, 2.75) is 45.7 Å². The van der Waals surface area contributed by atoms with E-state index >= 15 is 0 Å². The van der Waals surface area contributed by atoms with E-state index in [-0.39, 0.29) is 11.2 Å². The average molecular weight is 471 g/mol. The second-order valence-electron chi connectivity index (χ2n) is 9.11. The molecule has 8 heteroatoms. The van der Waals surface area contributed by atoms with Crippen LogP contribution in [0.3, 0.4) is 0 Å². The molecule has 5 rings (SSSR count). The number of benzene rings is 2. The molecule has 0 amide bonds. The number of hydrogen-bond donors (Lipinski definition) is 0. The van der Waals surface area contributed by atoms with E-state index in [9.17, 15) is 9.59 Å². The van der Waals surface area contributed by atoms with Crippen molar-refractivity contribution in [1.82, 2.24) is 18.7 Å². The zero-order valence-corrected chi connectivity index (χ0v) is 20.2.